The second-order valence-corrected chi connectivity index (χ2v) is 7.46. The molecule has 0 saturated carbocycles. The predicted molar refractivity (Wildman–Crippen MR) is 90.1 cm³/mol. The topological polar surface area (TPSA) is 96.0 Å². The molecule has 3 aromatic rings. The van der Waals surface area contributed by atoms with Crippen LogP contribution in [-0.4, -0.2) is 14.3 Å². The average molecular weight is 331 g/mol. The number of nitrogen functional groups attached to an aromatic ring is 1. The van der Waals surface area contributed by atoms with Crippen molar-refractivity contribution in [3.8, 4) is 0 Å². The zero-order chi connectivity index (χ0) is 15.7. The van der Waals surface area contributed by atoms with Gasteiger partial charge in [-0.15, -0.1) is 11.3 Å². The van der Waals surface area contributed by atoms with Crippen LogP contribution in [0.15, 0.2) is 59.5 Å². The van der Waals surface area contributed by atoms with Crippen LogP contribution in [0.1, 0.15) is 4.88 Å². The van der Waals surface area contributed by atoms with E-state index in [1.807, 2.05) is 6.07 Å². The summed E-state index contributed by atoms with van der Waals surface area (Å²) < 4.78 is 28.1. The highest BCUT2D eigenvalue weighted by molar-refractivity contribution is 7.92. The highest BCUT2D eigenvalue weighted by Gasteiger charge is 2.14. The van der Waals surface area contributed by atoms with Crippen LogP contribution in [-0.2, 0) is 10.0 Å². The van der Waals surface area contributed by atoms with E-state index in [1.54, 1.807) is 48.5 Å². The number of benzene rings is 2. The molecule has 4 N–H and O–H groups in total. The molecule has 0 unspecified atom stereocenters. The van der Waals surface area contributed by atoms with Gasteiger partial charge in [0.25, 0.3) is 10.0 Å². The minimum atomic E-state index is -3.61. The molecule has 7 heteroatoms. The Morgan fingerprint density at radius 2 is 1.82 bits per heavy atom. The third-order valence-corrected chi connectivity index (χ3v) is 5.63. The van der Waals surface area contributed by atoms with E-state index in [-0.39, 0.29) is 10.7 Å². The van der Waals surface area contributed by atoms with Gasteiger partial charge in [0.1, 0.15) is 5.84 Å². The Kier molecular flexibility index (Phi) is 3.59. The van der Waals surface area contributed by atoms with Gasteiger partial charge >= 0.3 is 0 Å². The zero-order valence-electron chi connectivity index (χ0n) is 11.4. The van der Waals surface area contributed by atoms with Gasteiger partial charge in [0.2, 0.25) is 0 Å². The first kappa shape index (κ1) is 14.6. The van der Waals surface area contributed by atoms with Crippen molar-refractivity contribution >= 4 is 43.0 Å². The summed E-state index contributed by atoms with van der Waals surface area (Å²) in [7, 11) is -3.61. The van der Waals surface area contributed by atoms with Crippen molar-refractivity contribution in [2.45, 2.75) is 4.90 Å². The SMILES string of the molecule is N=C(N)c1cc2cc(NS(=O)(=O)c3ccccc3)ccc2s1. The molecule has 0 aliphatic heterocycles. The molecule has 1 aromatic heterocycles. The Hall–Kier alpha value is -2.38. The van der Waals surface area contributed by atoms with Crippen molar-refractivity contribution in [3.63, 3.8) is 0 Å². The first-order chi connectivity index (χ1) is 10.5. The number of fused-ring (bicyclic) bond motifs is 1. The first-order valence-corrected chi connectivity index (χ1v) is 8.71. The molecule has 0 aliphatic carbocycles. The van der Waals surface area contributed by atoms with Crippen molar-refractivity contribution in [1.82, 2.24) is 0 Å². The molecular weight excluding hydrogens is 318 g/mol. The van der Waals surface area contributed by atoms with Gasteiger partial charge in [-0.05, 0) is 41.8 Å². The highest BCUT2D eigenvalue weighted by atomic mass is 32.2. The fourth-order valence-electron chi connectivity index (χ4n) is 2.05. The summed E-state index contributed by atoms with van der Waals surface area (Å²) in [4.78, 5) is 0.878. The van der Waals surface area contributed by atoms with Crippen LogP contribution >= 0.6 is 11.3 Å². The number of thiophene rings is 1. The van der Waals surface area contributed by atoms with Gasteiger partial charge < -0.3 is 5.73 Å². The zero-order valence-corrected chi connectivity index (χ0v) is 13.0. The number of amidine groups is 1. The van der Waals surface area contributed by atoms with Gasteiger partial charge in [-0.2, -0.15) is 0 Å². The second kappa shape index (κ2) is 5.43. The summed E-state index contributed by atoms with van der Waals surface area (Å²) in [6.07, 6.45) is 0. The third-order valence-electron chi connectivity index (χ3n) is 3.09. The normalized spacial score (nSPS) is 11.5. The van der Waals surface area contributed by atoms with E-state index in [1.165, 1.54) is 11.3 Å². The van der Waals surface area contributed by atoms with Crippen LogP contribution in [0.4, 0.5) is 5.69 Å². The maximum absolute atomic E-state index is 12.3. The monoisotopic (exact) mass is 331 g/mol. The summed E-state index contributed by atoms with van der Waals surface area (Å²) in [6.45, 7) is 0. The van der Waals surface area contributed by atoms with E-state index in [2.05, 4.69) is 4.72 Å². The quantitative estimate of drug-likeness (QED) is 0.506. The van der Waals surface area contributed by atoms with Crippen molar-refractivity contribution in [2.24, 2.45) is 5.73 Å². The van der Waals surface area contributed by atoms with Crippen LogP contribution in [0.2, 0.25) is 0 Å². The lowest BCUT2D eigenvalue weighted by Crippen LogP contribution is -2.12. The standard InChI is InChI=1S/C15H13N3O2S2/c16-15(17)14-9-10-8-11(6-7-13(10)21-14)18-22(19,20)12-4-2-1-3-5-12/h1-9,18H,(H3,16,17). The van der Waals surface area contributed by atoms with Gasteiger partial charge in [0.05, 0.1) is 9.77 Å². The van der Waals surface area contributed by atoms with Crippen LogP contribution < -0.4 is 10.5 Å². The van der Waals surface area contributed by atoms with Gasteiger partial charge in [-0.25, -0.2) is 8.42 Å². The lowest BCUT2D eigenvalue weighted by Gasteiger charge is -2.07. The molecule has 0 fully saturated rings. The molecule has 0 radical (unpaired) electrons. The first-order valence-electron chi connectivity index (χ1n) is 6.41. The molecule has 112 valence electrons. The lowest BCUT2D eigenvalue weighted by molar-refractivity contribution is 0.601. The number of rotatable bonds is 4. The van der Waals surface area contributed by atoms with E-state index in [0.29, 0.717) is 10.6 Å². The van der Waals surface area contributed by atoms with Crippen molar-refractivity contribution in [2.75, 3.05) is 4.72 Å². The number of nitrogens with two attached hydrogens (primary N) is 1. The Balaban J connectivity index is 1.96. The second-order valence-electron chi connectivity index (χ2n) is 4.70. The Morgan fingerprint density at radius 1 is 1.09 bits per heavy atom. The smallest absolute Gasteiger partial charge is 0.261 e. The van der Waals surface area contributed by atoms with Crippen LogP contribution in [0.5, 0.6) is 0 Å². The van der Waals surface area contributed by atoms with Gasteiger partial charge in [0.15, 0.2) is 0 Å². The number of anilines is 1. The van der Waals surface area contributed by atoms with Crippen LogP contribution in [0.3, 0.4) is 0 Å². The molecule has 3 rings (SSSR count). The number of hydrogen-bond donors (Lipinski definition) is 3. The summed E-state index contributed by atoms with van der Waals surface area (Å²) in [5, 5.41) is 8.31. The van der Waals surface area contributed by atoms with E-state index < -0.39 is 10.0 Å². The fourth-order valence-corrected chi connectivity index (χ4v) is 4.03. The number of nitrogens with one attached hydrogen (secondary N) is 2. The molecule has 0 aliphatic rings. The average Bonchev–Trinajstić information content (AvgIpc) is 2.91. The predicted octanol–water partition coefficient (Wildman–Crippen LogP) is 2.99. The largest absolute Gasteiger partial charge is 0.383 e. The van der Waals surface area contributed by atoms with E-state index in [9.17, 15) is 8.42 Å². The number of hydrogen-bond acceptors (Lipinski definition) is 4. The molecule has 0 saturated heterocycles. The summed E-state index contributed by atoms with van der Waals surface area (Å²) in [6, 6.07) is 15.2. The Morgan fingerprint density at radius 3 is 2.50 bits per heavy atom. The van der Waals surface area contributed by atoms with Crippen molar-refractivity contribution < 1.29 is 8.42 Å². The lowest BCUT2D eigenvalue weighted by atomic mass is 10.2. The van der Waals surface area contributed by atoms with Crippen LogP contribution in [0, 0.1) is 5.41 Å². The van der Waals surface area contributed by atoms with Gasteiger partial charge in [-0.3, -0.25) is 10.1 Å². The maximum atomic E-state index is 12.3. The van der Waals surface area contributed by atoms with Gasteiger partial charge in [0, 0.05) is 10.4 Å². The molecule has 2 aromatic carbocycles. The summed E-state index contributed by atoms with van der Waals surface area (Å²) in [5.41, 5.74) is 5.95. The highest BCUT2D eigenvalue weighted by Crippen LogP contribution is 2.28. The molecule has 1 heterocycles. The fraction of sp³-hybridized carbons (Fsp3) is 0. The van der Waals surface area contributed by atoms with Crippen molar-refractivity contribution in [3.05, 3.63) is 59.5 Å². The molecule has 5 nitrogen and oxygen atoms in total. The summed E-state index contributed by atoms with van der Waals surface area (Å²) >= 11 is 1.40. The van der Waals surface area contributed by atoms with Crippen LogP contribution in [0.25, 0.3) is 10.1 Å². The third kappa shape index (κ3) is 2.81. The molecule has 0 atom stereocenters. The molecule has 0 bridgehead atoms. The summed E-state index contributed by atoms with van der Waals surface area (Å²) in [5.74, 6) is 0.00705. The molecule has 22 heavy (non-hydrogen) atoms. The van der Waals surface area contributed by atoms with Gasteiger partial charge in [-0.1, -0.05) is 18.2 Å². The molecule has 0 spiro atoms. The van der Waals surface area contributed by atoms with E-state index in [0.717, 1.165) is 10.1 Å². The van der Waals surface area contributed by atoms with Crippen molar-refractivity contribution in [1.29, 1.82) is 5.41 Å². The molecular formula is C15H13N3O2S2. The number of sulfonamides is 1. The minimum Gasteiger partial charge on any atom is -0.383 e. The maximum Gasteiger partial charge on any atom is 0.261 e. The van der Waals surface area contributed by atoms with E-state index >= 15 is 0 Å². The van der Waals surface area contributed by atoms with E-state index in [4.69, 9.17) is 11.1 Å². The molecule has 0 amide bonds. The minimum absolute atomic E-state index is 0.00705. The Labute approximate surface area is 132 Å². The Bertz CT molecular complexity index is 947.